The van der Waals surface area contributed by atoms with E-state index in [-0.39, 0.29) is 6.61 Å². The van der Waals surface area contributed by atoms with E-state index < -0.39 is 5.97 Å². The summed E-state index contributed by atoms with van der Waals surface area (Å²) < 4.78 is 9.75. The van der Waals surface area contributed by atoms with Crippen LogP contribution in [0.15, 0.2) is 18.2 Å². The van der Waals surface area contributed by atoms with Gasteiger partial charge in [0.25, 0.3) is 0 Å². The van der Waals surface area contributed by atoms with Crippen LogP contribution < -0.4 is 4.74 Å². The first-order valence-corrected chi connectivity index (χ1v) is 4.90. The maximum absolute atomic E-state index is 10.9. The fourth-order valence-corrected chi connectivity index (χ4v) is 1.24. The number of carbonyl (C=O) groups excluding carboxylic acids is 1. The number of benzene rings is 1. The third-order valence-corrected chi connectivity index (χ3v) is 2.18. The van der Waals surface area contributed by atoms with Crippen LogP contribution in [-0.4, -0.2) is 25.4 Å². The number of esters is 1. The fourth-order valence-electron chi connectivity index (χ4n) is 1.24. The van der Waals surface area contributed by atoms with Crippen LogP contribution in [0.5, 0.6) is 5.75 Å². The Morgan fingerprint density at radius 2 is 2.12 bits per heavy atom. The average molecular weight is 221 g/mol. The summed E-state index contributed by atoms with van der Waals surface area (Å²) in [5.41, 5.74) is 2.25. The SMILES string of the molecule is COC(=O)COc1ccc(C(C)=N)cc1C. The largest absolute Gasteiger partial charge is 0.482 e. The van der Waals surface area contributed by atoms with E-state index in [1.54, 1.807) is 19.1 Å². The maximum atomic E-state index is 10.9. The highest BCUT2D eigenvalue weighted by atomic mass is 16.6. The van der Waals surface area contributed by atoms with Crippen LogP contribution in [0.3, 0.4) is 0 Å². The van der Waals surface area contributed by atoms with Crippen LogP contribution in [-0.2, 0) is 9.53 Å². The molecule has 1 rings (SSSR count). The molecule has 1 N–H and O–H groups in total. The summed E-state index contributed by atoms with van der Waals surface area (Å²) in [5.74, 6) is 0.224. The van der Waals surface area contributed by atoms with Gasteiger partial charge in [0, 0.05) is 5.71 Å². The number of nitrogens with one attached hydrogen (secondary N) is 1. The molecule has 86 valence electrons. The lowest BCUT2D eigenvalue weighted by Crippen LogP contribution is -2.13. The molecule has 0 saturated heterocycles. The molecule has 0 aliphatic carbocycles. The molecular formula is C12H15NO3. The van der Waals surface area contributed by atoms with Gasteiger partial charge in [-0.2, -0.15) is 0 Å². The second-order valence-corrected chi connectivity index (χ2v) is 3.47. The van der Waals surface area contributed by atoms with Gasteiger partial charge >= 0.3 is 5.97 Å². The smallest absolute Gasteiger partial charge is 0.343 e. The van der Waals surface area contributed by atoms with Crippen molar-refractivity contribution in [1.29, 1.82) is 5.41 Å². The Balaban J connectivity index is 2.75. The van der Waals surface area contributed by atoms with Gasteiger partial charge in [0.2, 0.25) is 0 Å². The van der Waals surface area contributed by atoms with Crippen molar-refractivity contribution in [3.05, 3.63) is 29.3 Å². The van der Waals surface area contributed by atoms with E-state index in [1.807, 2.05) is 13.0 Å². The molecule has 0 fully saturated rings. The average Bonchev–Trinajstić information content (AvgIpc) is 2.26. The number of methoxy groups -OCH3 is 1. The number of carbonyl (C=O) groups is 1. The summed E-state index contributed by atoms with van der Waals surface area (Å²) in [6.45, 7) is 3.50. The van der Waals surface area contributed by atoms with Crippen LogP contribution in [0.1, 0.15) is 18.1 Å². The third-order valence-electron chi connectivity index (χ3n) is 2.18. The van der Waals surface area contributed by atoms with Crippen LogP contribution in [0.25, 0.3) is 0 Å². The van der Waals surface area contributed by atoms with E-state index in [9.17, 15) is 4.79 Å². The monoisotopic (exact) mass is 221 g/mol. The topological polar surface area (TPSA) is 59.4 Å². The number of rotatable bonds is 4. The zero-order valence-corrected chi connectivity index (χ0v) is 9.66. The van der Waals surface area contributed by atoms with Crippen LogP contribution in [0.4, 0.5) is 0 Å². The quantitative estimate of drug-likeness (QED) is 0.624. The van der Waals surface area contributed by atoms with E-state index in [1.165, 1.54) is 7.11 Å². The highest BCUT2D eigenvalue weighted by molar-refractivity contribution is 5.96. The van der Waals surface area contributed by atoms with Gasteiger partial charge in [-0.3, -0.25) is 0 Å². The van der Waals surface area contributed by atoms with Crippen molar-refractivity contribution < 1.29 is 14.3 Å². The molecule has 0 aliphatic rings. The number of hydrogen-bond acceptors (Lipinski definition) is 4. The van der Waals surface area contributed by atoms with Gasteiger partial charge in [0.1, 0.15) is 5.75 Å². The predicted octanol–water partition coefficient (Wildman–Crippen LogP) is 1.93. The Morgan fingerprint density at radius 3 is 2.62 bits per heavy atom. The molecule has 0 bridgehead atoms. The molecule has 16 heavy (non-hydrogen) atoms. The van der Waals surface area contributed by atoms with E-state index in [0.29, 0.717) is 11.5 Å². The fraction of sp³-hybridized carbons (Fsp3) is 0.333. The lowest BCUT2D eigenvalue weighted by atomic mass is 10.1. The third kappa shape index (κ3) is 3.08. The lowest BCUT2D eigenvalue weighted by molar-refractivity contribution is -0.142. The Labute approximate surface area is 94.7 Å². The molecule has 0 spiro atoms. The summed E-state index contributed by atoms with van der Waals surface area (Å²) in [7, 11) is 1.32. The molecule has 4 nitrogen and oxygen atoms in total. The van der Waals surface area contributed by atoms with Gasteiger partial charge in [-0.1, -0.05) is 0 Å². The minimum absolute atomic E-state index is 0.0970. The molecule has 0 unspecified atom stereocenters. The molecular weight excluding hydrogens is 206 g/mol. The van der Waals surface area contributed by atoms with Gasteiger partial charge in [0.05, 0.1) is 7.11 Å². The van der Waals surface area contributed by atoms with Crippen LogP contribution in [0, 0.1) is 12.3 Å². The normalized spacial score (nSPS) is 9.69. The summed E-state index contributed by atoms with van der Waals surface area (Å²) in [6.07, 6.45) is 0. The van der Waals surface area contributed by atoms with Gasteiger partial charge in [-0.05, 0) is 43.2 Å². The first kappa shape index (κ1) is 12.2. The molecule has 0 heterocycles. The minimum atomic E-state index is -0.410. The number of ether oxygens (including phenoxy) is 2. The molecule has 1 aromatic rings. The predicted molar refractivity (Wildman–Crippen MR) is 61.2 cm³/mol. The molecule has 0 saturated carbocycles. The van der Waals surface area contributed by atoms with Crippen LogP contribution in [0.2, 0.25) is 0 Å². The number of aryl methyl sites for hydroxylation is 1. The Morgan fingerprint density at radius 1 is 1.44 bits per heavy atom. The second-order valence-electron chi connectivity index (χ2n) is 3.47. The Hall–Kier alpha value is -1.84. The van der Waals surface area contributed by atoms with Gasteiger partial charge in [-0.25, -0.2) is 4.79 Å². The maximum Gasteiger partial charge on any atom is 0.343 e. The zero-order valence-electron chi connectivity index (χ0n) is 9.66. The van der Waals surface area contributed by atoms with Crippen molar-refractivity contribution in [2.75, 3.05) is 13.7 Å². The van der Waals surface area contributed by atoms with Crippen molar-refractivity contribution in [3.63, 3.8) is 0 Å². The minimum Gasteiger partial charge on any atom is -0.482 e. The summed E-state index contributed by atoms with van der Waals surface area (Å²) in [4.78, 5) is 10.9. The van der Waals surface area contributed by atoms with E-state index >= 15 is 0 Å². The molecule has 0 radical (unpaired) electrons. The Bertz CT molecular complexity index is 413. The first-order valence-electron chi connectivity index (χ1n) is 4.90. The second kappa shape index (κ2) is 5.30. The van der Waals surface area contributed by atoms with E-state index in [4.69, 9.17) is 10.1 Å². The van der Waals surface area contributed by atoms with Gasteiger partial charge < -0.3 is 14.9 Å². The Kier molecular flexibility index (Phi) is 4.05. The van der Waals surface area contributed by atoms with E-state index in [0.717, 1.165) is 11.1 Å². The van der Waals surface area contributed by atoms with Crippen molar-refractivity contribution in [2.24, 2.45) is 0 Å². The summed E-state index contributed by atoms with van der Waals surface area (Å²) in [6, 6.07) is 5.41. The lowest BCUT2D eigenvalue weighted by Gasteiger charge is -2.09. The molecule has 0 aromatic heterocycles. The van der Waals surface area contributed by atoms with Crippen molar-refractivity contribution in [3.8, 4) is 5.75 Å². The first-order chi connectivity index (χ1) is 7.54. The van der Waals surface area contributed by atoms with Crippen molar-refractivity contribution in [1.82, 2.24) is 0 Å². The zero-order chi connectivity index (χ0) is 12.1. The van der Waals surface area contributed by atoms with Crippen LogP contribution >= 0.6 is 0 Å². The standard InChI is InChI=1S/C12H15NO3/c1-8-6-10(9(2)13)4-5-11(8)16-7-12(14)15-3/h4-6,13H,7H2,1-3H3. The molecule has 1 aromatic carbocycles. The molecule has 0 atom stereocenters. The van der Waals surface area contributed by atoms with Crippen molar-refractivity contribution in [2.45, 2.75) is 13.8 Å². The van der Waals surface area contributed by atoms with Gasteiger partial charge in [0.15, 0.2) is 6.61 Å². The molecule has 0 aliphatic heterocycles. The van der Waals surface area contributed by atoms with E-state index in [2.05, 4.69) is 4.74 Å². The molecule has 4 heteroatoms. The summed E-state index contributed by atoms with van der Waals surface area (Å²) >= 11 is 0. The van der Waals surface area contributed by atoms with Crippen molar-refractivity contribution >= 4 is 11.7 Å². The number of hydrogen-bond donors (Lipinski definition) is 1. The highest BCUT2D eigenvalue weighted by Gasteiger charge is 2.05. The van der Waals surface area contributed by atoms with Gasteiger partial charge in [-0.15, -0.1) is 0 Å². The highest BCUT2D eigenvalue weighted by Crippen LogP contribution is 2.19. The summed E-state index contributed by atoms with van der Waals surface area (Å²) in [5, 5.41) is 7.49. The molecule has 0 amide bonds.